The van der Waals surface area contributed by atoms with Gasteiger partial charge >= 0.3 is 0 Å². The van der Waals surface area contributed by atoms with Crippen molar-refractivity contribution in [3.05, 3.63) is 64.2 Å². The highest BCUT2D eigenvalue weighted by Crippen LogP contribution is 2.36. The summed E-state index contributed by atoms with van der Waals surface area (Å²) in [5.74, 6) is 0.144. The van der Waals surface area contributed by atoms with Crippen LogP contribution in [0.25, 0.3) is 6.08 Å². The van der Waals surface area contributed by atoms with Gasteiger partial charge in [0.2, 0.25) is 0 Å². The number of rotatable bonds is 6. The van der Waals surface area contributed by atoms with E-state index in [1.807, 2.05) is 12.1 Å². The maximum atomic E-state index is 12.6. The molecule has 2 aromatic rings. The van der Waals surface area contributed by atoms with Crippen molar-refractivity contribution < 1.29 is 9.90 Å². The number of aromatic hydroxyl groups is 1. The van der Waals surface area contributed by atoms with Gasteiger partial charge in [0.1, 0.15) is 11.8 Å². The number of anilines is 1. The highest BCUT2D eigenvalue weighted by Gasteiger charge is 2.24. The van der Waals surface area contributed by atoms with E-state index in [1.165, 1.54) is 29.7 Å². The van der Waals surface area contributed by atoms with Crippen molar-refractivity contribution >= 4 is 17.5 Å². The van der Waals surface area contributed by atoms with E-state index in [0.29, 0.717) is 12.8 Å². The van der Waals surface area contributed by atoms with E-state index in [2.05, 4.69) is 23.1 Å². The summed E-state index contributed by atoms with van der Waals surface area (Å²) in [6.07, 6.45) is 8.05. The SMILES string of the molecule is C.C.C.C.C.C.C.C.C.C.C.C.C.C.C.C.N#C/C(=C/c1cc2c3c(c1)CCCN3CCC2)C(=O)CCCc1ccc(O)cc1. The number of aryl methyl sites for hydroxylation is 3. The molecule has 0 unspecified atom stereocenters. The Morgan fingerprint density at radius 1 is 0.733 bits per heavy atom. The van der Waals surface area contributed by atoms with Crippen molar-refractivity contribution in [1.29, 1.82) is 5.26 Å². The zero-order chi connectivity index (χ0) is 20.2. The number of hydrogen-bond acceptors (Lipinski definition) is 4. The monoisotopic (exact) mass is 643 g/mol. The van der Waals surface area contributed by atoms with Gasteiger partial charge in [-0.15, -0.1) is 0 Å². The molecule has 2 aromatic carbocycles. The molecule has 0 aliphatic carbocycles. The highest BCUT2D eigenvalue weighted by atomic mass is 16.3. The number of allylic oxidation sites excluding steroid dienone is 1. The normalized spacial score (nSPS) is 10.0. The number of nitrogens with zero attached hydrogens (tertiary/aromatic N) is 2. The lowest BCUT2D eigenvalue weighted by atomic mass is 9.89. The average molecular weight is 643 g/mol. The van der Waals surface area contributed by atoms with Crippen molar-refractivity contribution in [3.63, 3.8) is 0 Å². The van der Waals surface area contributed by atoms with Gasteiger partial charge in [0.15, 0.2) is 5.78 Å². The molecule has 276 valence electrons. The quantitative estimate of drug-likeness (QED) is 0.251. The molecule has 2 heterocycles. The number of phenols is 1. The number of ketones is 1. The van der Waals surface area contributed by atoms with Crippen LogP contribution in [-0.2, 0) is 24.1 Å². The Balaban J connectivity index is -0.0000000582. The average Bonchev–Trinajstić information content (AvgIpc) is 2.74. The fourth-order valence-electron chi connectivity index (χ4n) is 4.51. The van der Waals surface area contributed by atoms with Gasteiger partial charge in [-0.2, -0.15) is 5.26 Å². The molecule has 4 nitrogen and oxygen atoms in total. The lowest BCUT2D eigenvalue weighted by Gasteiger charge is -2.37. The highest BCUT2D eigenvalue weighted by molar-refractivity contribution is 6.03. The topological polar surface area (TPSA) is 64.3 Å². The lowest BCUT2D eigenvalue weighted by Crippen LogP contribution is -2.34. The van der Waals surface area contributed by atoms with Crippen molar-refractivity contribution in [1.82, 2.24) is 0 Å². The Labute approximate surface area is 290 Å². The molecular weight excluding hydrogens is 552 g/mol. The van der Waals surface area contributed by atoms with Gasteiger partial charge in [0.25, 0.3) is 0 Å². The molecule has 0 atom stereocenters. The fraction of sp³-hybridized carbons (Fsp3) is 0.610. The first kappa shape index (κ1) is 83.9. The van der Waals surface area contributed by atoms with Crippen LogP contribution in [-0.4, -0.2) is 24.0 Å². The van der Waals surface area contributed by atoms with Gasteiger partial charge in [-0.3, -0.25) is 4.79 Å². The molecule has 2 aliphatic heterocycles. The predicted octanol–water partition coefficient (Wildman–Crippen LogP) is 14.8. The maximum absolute atomic E-state index is 12.6. The molecule has 0 fully saturated rings. The van der Waals surface area contributed by atoms with E-state index in [0.717, 1.165) is 43.5 Å². The van der Waals surface area contributed by atoms with Crippen LogP contribution in [0, 0.1) is 11.3 Å². The van der Waals surface area contributed by atoms with E-state index in [9.17, 15) is 15.2 Å². The predicted molar refractivity (Wildman–Crippen MR) is 223 cm³/mol. The Hall–Kier alpha value is -3.06. The molecule has 0 saturated carbocycles. The lowest BCUT2D eigenvalue weighted by molar-refractivity contribution is -0.115. The van der Waals surface area contributed by atoms with Crippen molar-refractivity contribution in [2.75, 3.05) is 18.0 Å². The Bertz CT molecular complexity index is 955. The number of benzene rings is 2. The molecule has 0 bridgehead atoms. The summed E-state index contributed by atoms with van der Waals surface area (Å²) >= 11 is 0. The molecule has 4 rings (SSSR count). The smallest absolute Gasteiger partial charge is 0.173 e. The van der Waals surface area contributed by atoms with E-state index >= 15 is 0 Å². The second-order valence-electron chi connectivity index (χ2n) is 7.99. The van der Waals surface area contributed by atoms with Crippen LogP contribution in [0.15, 0.2) is 42.0 Å². The molecule has 0 amide bonds. The molecule has 1 N–H and O–H groups in total. The van der Waals surface area contributed by atoms with Gasteiger partial charge in [0.05, 0.1) is 5.57 Å². The summed E-state index contributed by atoms with van der Waals surface area (Å²) in [4.78, 5) is 15.1. The summed E-state index contributed by atoms with van der Waals surface area (Å²) in [5, 5.41) is 18.9. The van der Waals surface area contributed by atoms with Gasteiger partial charge in [0, 0.05) is 25.2 Å². The van der Waals surface area contributed by atoms with Gasteiger partial charge in [-0.25, -0.2) is 0 Å². The maximum Gasteiger partial charge on any atom is 0.173 e. The van der Waals surface area contributed by atoms with Gasteiger partial charge < -0.3 is 10.0 Å². The van der Waals surface area contributed by atoms with Crippen LogP contribution in [0.5, 0.6) is 5.75 Å². The van der Waals surface area contributed by atoms with Crippen LogP contribution in [0.2, 0.25) is 0 Å². The number of carbonyl (C=O) groups is 1. The minimum atomic E-state index is -0.0979. The minimum Gasteiger partial charge on any atom is -0.508 e. The van der Waals surface area contributed by atoms with E-state index in [4.69, 9.17) is 0 Å². The van der Waals surface area contributed by atoms with E-state index < -0.39 is 0 Å². The molecular formula is C41H90N2O2. The van der Waals surface area contributed by atoms with Crippen LogP contribution in [0.3, 0.4) is 0 Å². The third-order valence-electron chi connectivity index (χ3n) is 5.89. The number of nitriles is 1. The largest absolute Gasteiger partial charge is 0.508 e. The Kier molecular flexibility index (Phi) is 72.7. The molecule has 2 aliphatic rings. The van der Waals surface area contributed by atoms with Crippen LogP contribution in [0.4, 0.5) is 5.69 Å². The van der Waals surface area contributed by atoms with Crippen LogP contribution < -0.4 is 4.90 Å². The third kappa shape index (κ3) is 20.6. The Morgan fingerprint density at radius 2 is 1.16 bits per heavy atom. The molecule has 0 aromatic heterocycles. The first-order valence-electron chi connectivity index (χ1n) is 10.5. The fourth-order valence-corrected chi connectivity index (χ4v) is 4.51. The first-order valence-corrected chi connectivity index (χ1v) is 10.5. The second kappa shape index (κ2) is 39.0. The Morgan fingerprint density at radius 3 is 1.56 bits per heavy atom. The number of carbonyl (C=O) groups excluding carboxylic acids is 1. The van der Waals surface area contributed by atoms with Crippen LogP contribution in [0.1, 0.15) is 167 Å². The summed E-state index contributed by atoms with van der Waals surface area (Å²) in [6.45, 7) is 2.27. The summed E-state index contributed by atoms with van der Waals surface area (Å²) in [5.41, 5.74) is 6.42. The third-order valence-corrected chi connectivity index (χ3v) is 5.89. The zero-order valence-electron chi connectivity index (χ0n) is 16.7. The zero-order valence-corrected chi connectivity index (χ0v) is 16.7. The molecule has 0 radical (unpaired) electrons. The van der Waals surface area contributed by atoms with Crippen molar-refractivity contribution in [2.24, 2.45) is 0 Å². The summed E-state index contributed by atoms with van der Waals surface area (Å²) in [6, 6.07) is 13.5. The summed E-state index contributed by atoms with van der Waals surface area (Å²) in [7, 11) is 0. The van der Waals surface area contributed by atoms with Crippen molar-refractivity contribution in [2.45, 2.75) is 164 Å². The molecule has 45 heavy (non-hydrogen) atoms. The number of hydrogen-bond donors (Lipinski definition) is 1. The second-order valence-corrected chi connectivity index (χ2v) is 7.99. The number of Topliss-reactive ketones (excluding diaryl/α,β-unsaturated/α-hetero) is 1. The van der Waals surface area contributed by atoms with Gasteiger partial charge in [-0.05, 0) is 91.1 Å². The van der Waals surface area contributed by atoms with Gasteiger partial charge in [-0.1, -0.05) is 131 Å². The molecule has 0 spiro atoms. The minimum absolute atomic E-state index is 0. The summed E-state index contributed by atoms with van der Waals surface area (Å²) < 4.78 is 0. The molecule has 0 saturated heterocycles. The molecule has 4 heteroatoms. The number of phenolic OH excluding ortho intramolecular Hbond substituents is 1. The van der Waals surface area contributed by atoms with Crippen LogP contribution >= 0.6 is 0 Å². The van der Waals surface area contributed by atoms with E-state index in [1.54, 1.807) is 18.2 Å². The van der Waals surface area contributed by atoms with E-state index in [-0.39, 0.29) is 136 Å². The first-order chi connectivity index (χ1) is 14.1. The van der Waals surface area contributed by atoms with Crippen molar-refractivity contribution in [3.8, 4) is 11.8 Å². The standard InChI is InChI=1S/C25H26N2O2.16CH4/c26-17-22(24(29)7-1-4-18-8-10-23(28)11-9-18)16-19-14-20-5-2-12-27-13-3-6-21(15-19)25(20)27;;;;;;;;;;;;;;;;/h8-11,14-16,28H,1-7,12-13H2;16*1H4/b22-16-;;;;;;;;;;;;;;;;.